The highest BCUT2D eigenvalue weighted by atomic mass is 16.3. The van der Waals surface area contributed by atoms with E-state index >= 15 is 0 Å². The first-order chi connectivity index (χ1) is 6.15. The van der Waals surface area contributed by atoms with Crippen LogP contribution in [0.3, 0.4) is 0 Å². The lowest BCUT2D eigenvalue weighted by Crippen LogP contribution is -2.52. The summed E-state index contributed by atoms with van der Waals surface area (Å²) in [6, 6.07) is 0.523. The summed E-state index contributed by atoms with van der Waals surface area (Å²) in [5.41, 5.74) is 5.90. The van der Waals surface area contributed by atoms with E-state index in [0.717, 1.165) is 19.4 Å². The predicted octanol–water partition coefficient (Wildman–Crippen LogP) is -0.849. The van der Waals surface area contributed by atoms with Crippen LogP contribution in [0.15, 0.2) is 0 Å². The van der Waals surface area contributed by atoms with Crippen molar-refractivity contribution in [1.29, 1.82) is 0 Å². The van der Waals surface area contributed by atoms with E-state index in [2.05, 4.69) is 11.8 Å². The summed E-state index contributed by atoms with van der Waals surface area (Å²) in [7, 11) is 0. The van der Waals surface area contributed by atoms with Gasteiger partial charge in [0, 0.05) is 18.6 Å². The Morgan fingerprint density at radius 2 is 2.31 bits per heavy atom. The molecule has 4 heteroatoms. The first-order valence-corrected chi connectivity index (χ1v) is 4.93. The van der Waals surface area contributed by atoms with Crippen molar-refractivity contribution < 1.29 is 10.2 Å². The molecule has 1 heterocycles. The van der Waals surface area contributed by atoms with Crippen molar-refractivity contribution in [3.8, 4) is 0 Å². The third kappa shape index (κ3) is 2.91. The van der Waals surface area contributed by atoms with Crippen molar-refractivity contribution in [2.75, 3.05) is 19.7 Å². The van der Waals surface area contributed by atoms with Gasteiger partial charge in [0.15, 0.2) is 0 Å². The molecule has 4 N–H and O–H groups in total. The molecule has 1 unspecified atom stereocenters. The predicted molar refractivity (Wildman–Crippen MR) is 51.3 cm³/mol. The van der Waals surface area contributed by atoms with Crippen LogP contribution in [0.5, 0.6) is 0 Å². The van der Waals surface area contributed by atoms with Crippen molar-refractivity contribution in [2.45, 2.75) is 38.0 Å². The lowest BCUT2D eigenvalue weighted by molar-refractivity contribution is 0.0321. The Balaban J connectivity index is 2.39. The molecule has 1 rings (SSSR count). The third-order valence-electron chi connectivity index (χ3n) is 2.83. The molecule has 1 fully saturated rings. The second-order valence-corrected chi connectivity index (χ2v) is 3.88. The molecule has 4 nitrogen and oxygen atoms in total. The van der Waals surface area contributed by atoms with Crippen molar-refractivity contribution in [3.05, 3.63) is 0 Å². The zero-order chi connectivity index (χ0) is 9.84. The average molecular weight is 188 g/mol. The maximum absolute atomic E-state index is 9.28. The lowest BCUT2D eigenvalue weighted by atomic mass is 9.98. The molecule has 0 aromatic carbocycles. The van der Waals surface area contributed by atoms with Gasteiger partial charge in [0.25, 0.3) is 0 Å². The number of hydrogen-bond acceptors (Lipinski definition) is 4. The van der Waals surface area contributed by atoms with E-state index in [4.69, 9.17) is 10.8 Å². The van der Waals surface area contributed by atoms with E-state index in [1.165, 1.54) is 0 Å². The van der Waals surface area contributed by atoms with Crippen LogP contribution in [0.4, 0.5) is 0 Å². The number of aliphatic hydroxyl groups is 2. The van der Waals surface area contributed by atoms with Crippen LogP contribution in [-0.4, -0.2) is 53.0 Å². The largest absolute Gasteiger partial charge is 0.394 e. The van der Waals surface area contributed by atoms with Gasteiger partial charge in [0.1, 0.15) is 0 Å². The molecule has 13 heavy (non-hydrogen) atoms. The molecule has 0 amide bonds. The molecule has 0 spiro atoms. The maximum atomic E-state index is 9.28. The lowest BCUT2D eigenvalue weighted by Gasteiger charge is -2.38. The van der Waals surface area contributed by atoms with Gasteiger partial charge < -0.3 is 15.9 Å². The smallest absolute Gasteiger partial charge is 0.0897 e. The molecule has 1 aliphatic rings. The number of likely N-dealkylation sites (tertiary alicyclic amines) is 1. The first-order valence-electron chi connectivity index (χ1n) is 4.93. The minimum Gasteiger partial charge on any atom is -0.394 e. The van der Waals surface area contributed by atoms with Gasteiger partial charge >= 0.3 is 0 Å². The van der Waals surface area contributed by atoms with Crippen molar-refractivity contribution >= 4 is 0 Å². The highest BCUT2D eigenvalue weighted by Crippen LogP contribution is 2.15. The molecule has 1 saturated heterocycles. The molecule has 78 valence electrons. The molecular weight excluding hydrogens is 168 g/mol. The van der Waals surface area contributed by atoms with Crippen LogP contribution in [0.2, 0.25) is 0 Å². The van der Waals surface area contributed by atoms with E-state index in [0.29, 0.717) is 12.6 Å². The third-order valence-corrected chi connectivity index (χ3v) is 2.83. The molecule has 0 aromatic rings. The van der Waals surface area contributed by atoms with Crippen molar-refractivity contribution in [1.82, 2.24) is 4.90 Å². The summed E-state index contributed by atoms with van der Waals surface area (Å²) < 4.78 is 0. The highest BCUT2D eigenvalue weighted by Gasteiger charge is 2.26. The Bertz CT molecular complexity index is 155. The normalized spacial score (nSPS) is 33.2. The molecule has 0 saturated carbocycles. The van der Waals surface area contributed by atoms with E-state index in [1.807, 2.05) is 0 Å². The summed E-state index contributed by atoms with van der Waals surface area (Å²) >= 11 is 0. The van der Waals surface area contributed by atoms with Crippen LogP contribution in [0.1, 0.15) is 19.8 Å². The number of nitrogens with two attached hydrogens (primary N) is 1. The van der Waals surface area contributed by atoms with E-state index in [-0.39, 0.29) is 12.6 Å². The summed E-state index contributed by atoms with van der Waals surface area (Å²) in [5.74, 6) is 0. The van der Waals surface area contributed by atoms with Crippen LogP contribution < -0.4 is 5.73 Å². The summed E-state index contributed by atoms with van der Waals surface area (Å²) in [6.45, 7) is 3.42. The minimum atomic E-state index is -0.632. The second kappa shape index (κ2) is 4.91. The van der Waals surface area contributed by atoms with Gasteiger partial charge in [0.05, 0.1) is 12.7 Å². The molecular formula is C9H20N2O2. The first kappa shape index (κ1) is 10.9. The van der Waals surface area contributed by atoms with Gasteiger partial charge in [-0.05, 0) is 26.3 Å². The maximum Gasteiger partial charge on any atom is 0.0897 e. The average Bonchev–Trinajstić information content (AvgIpc) is 2.13. The van der Waals surface area contributed by atoms with Gasteiger partial charge in [-0.25, -0.2) is 0 Å². The fraction of sp³-hybridized carbons (Fsp3) is 1.00. The Hall–Kier alpha value is -0.160. The summed E-state index contributed by atoms with van der Waals surface area (Å²) in [5, 5.41) is 18.0. The van der Waals surface area contributed by atoms with Crippen molar-refractivity contribution in [2.24, 2.45) is 5.73 Å². The minimum absolute atomic E-state index is 0.168. The number of aliphatic hydroxyl groups excluding tert-OH is 2. The molecule has 0 aliphatic carbocycles. The van der Waals surface area contributed by atoms with Crippen LogP contribution in [0, 0.1) is 0 Å². The summed E-state index contributed by atoms with van der Waals surface area (Å²) in [6.07, 6.45) is 1.52. The van der Waals surface area contributed by atoms with Gasteiger partial charge in [-0.15, -0.1) is 0 Å². The molecule has 0 bridgehead atoms. The quantitative estimate of drug-likeness (QED) is 0.539. The zero-order valence-corrected chi connectivity index (χ0v) is 8.19. The number of hydrogen-bond donors (Lipinski definition) is 3. The molecule has 3 atom stereocenters. The number of rotatable bonds is 3. The zero-order valence-electron chi connectivity index (χ0n) is 8.19. The van der Waals surface area contributed by atoms with Crippen LogP contribution >= 0.6 is 0 Å². The van der Waals surface area contributed by atoms with Gasteiger partial charge in [-0.3, -0.25) is 4.90 Å². The van der Waals surface area contributed by atoms with E-state index in [1.54, 1.807) is 0 Å². The van der Waals surface area contributed by atoms with E-state index in [9.17, 15) is 5.11 Å². The van der Waals surface area contributed by atoms with Gasteiger partial charge in [-0.1, -0.05) is 0 Å². The molecule has 1 aliphatic heterocycles. The van der Waals surface area contributed by atoms with Gasteiger partial charge in [-0.2, -0.15) is 0 Å². The number of piperidine rings is 1. The SMILES string of the molecule is C[C@@H]1[C@H](N)CCCN1CC(O)CO. The van der Waals surface area contributed by atoms with Crippen LogP contribution in [0.25, 0.3) is 0 Å². The van der Waals surface area contributed by atoms with Gasteiger partial charge in [0.2, 0.25) is 0 Å². The Morgan fingerprint density at radius 1 is 1.62 bits per heavy atom. The monoisotopic (exact) mass is 188 g/mol. The Morgan fingerprint density at radius 3 is 2.92 bits per heavy atom. The highest BCUT2D eigenvalue weighted by molar-refractivity contribution is 4.84. The van der Waals surface area contributed by atoms with Crippen molar-refractivity contribution in [3.63, 3.8) is 0 Å². The topological polar surface area (TPSA) is 69.7 Å². The standard InChI is InChI=1S/C9H20N2O2/c1-7-9(10)3-2-4-11(7)5-8(13)6-12/h7-9,12-13H,2-6,10H2,1H3/t7-,8?,9-/m1/s1. The molecule has 0 aromatic heterocycles. The second-order valence-electron chi connectivity index (χ2n) is 3.88. The van der Waals surface area contributed by atoms with E-state index < -0.39 is 6.10 Å². The fourth-order valence-corrected chi connectivity index (χ4v) is 1.83. The van der Waals surface area contributed by atoms with Crippen LogP contribution in [-0.2, 0) is 0 Å². The number of nitrogens with zero attached hydrogens (tertiary/aromatic N) is 1. The molecule has 0 radical (unpaired) electrons. The number of β-amino-alcohol motifs (C(OH)–C–C–N with tert-alkyl or cyclic N) is 1. The Labute approximate surface area is 79.3 Å². The fourth-order valence-electron chi connectivity index (χ4n) is 1.83. The summed E-state index contributed by atoms with van der Waals surface area (Å²) in [4.78, 5) is 2.15. The Kier molecular flexibility index (Phi) is 4.12.